The molecule has 1 heterocycles. The third-order valence-electron chi connectivity index (χ3n) is 9.01. The molecule has 0 amide bonds. The Balaban J connectivity index is 1.33. The molecule has 4 heteroatoms. The summed E-state index contributed by atoms with van der Waals surface area (Å²) in [6, 6.07) is 0. The fraction of sp³-hybridized carbons (Fsp3) is 0.826. The van der Waals surface area contributed by atoms with Crippen LogP contribution in [0.2, 0.25) is 0 Å². The monoisotopic (exact) mass is 370 g/mol. The predicted molar refractivity (Wildman–Crippen MR) is 107 cm³/mol. The van der Waals surface area contributed by atoms with E-state index in [1.165, 1.54) is 31.4 Å². The summed E-state index contributed by atoms with van der Waals surface area (Å²) in [6.07, 6.45) is 11.9. The van der Waals surface area contributed by atoms with E-state index in [2.05, 4.69) is 25.2 Å². The zero-order valence-corrected chi connectivity index (χ0v) is 16.9. The van der Waals surface area contributed by atoms with Crippen LogP contribution in [0.5, 0.6) is 0 Å². The minimum absolute atomic E-state index is 0.00620. The summed E-state index contributed by atoms with van der Waals surface area (Å²) in [6.45, 7) is 7.24. The Bertz CT molecular complexity index is 694. The van der Waals surface area contributed by atoms with Crippen LogP contribution in [-0.4, -0.2) is 37.4 Å². The Morgan fingerprint density at radius 1 is 1.07 bits per heavy atom. The number of ether oxygens (including phenoxy) is 1. The van der Waals surface area contributed by atoms with Crippen molar-refractivity contribution >= 4 is 11.5 Å². The average molecular weight is 371 g/mol. The number of allylic oxidation sites excluding steroid dienone is 2. The van der Waals surface area contributed by atoms with Gasteiger partial charge in [0.25, 0.3) is 0 Å². The van der Waals surface area contributed by atoms with Gasteiger partial charge in [-0.25, -0.2) is 0 Å². The Labute approximate surface area is 163 Å². The van der Waals surface area contributed by atoms with Gasteiger partial charge in [-0.1, -0.05) is 19.4 Å². The van der Waals surface area contributed by atoms with E-state index in [0.717, 1.165) is 50.6 Å². The third-order valence-corrected chi connectivity index (χ3v) is 9.01. The summed E-state index contributed by atoms with van der Waals surface area (Å²) in [4.78, 5) is 17.3. The van der Waals surface area contributed by atoms with Gasteiger partial charge < -0.3 is 10.1 Å². The van der Waals surface area contributed by atoms with E-state index in [-0.39, 0.29) is 5.41 Å². The molecule has 0 aromatic carbocycles. The van der Waals surface area contributed by atoms with Crippen molar-refractivity contribution in [2.75, 3.05) is 19.8 Å². The maximum absolute atomic E-state index is 12.5. The molecule has 148 valence electrons. The number of aliphatic imine (C=N–C) groups is 1. The van der Waals surface area contributed by atoms with Crippen LogP contribution in [0, 0.1) is 28.6 Å². The second-order valence-corrected chi connectivity index (χ2v) is 10.1. The van der Waals surface area contributed by atoms with E-state index in [1.807, 2.05) is 0 Å². The zero-order chi connectivity index (χ0) is 18.6. The molecule has 0 radical (unpaired) electrons. The Morgan fingerprint density at radius 3 is 2.67 bits per heavy atom. The molecule has 5 aliphatic rings. The lowest BCUT2D eigenvalue weighted by Crippen LogP contribution is -2.50. The normalized spacial score (nSPS) is 45.7. The Hall–Kier alpha value is -1.00. The summed E-state index contributed by atoms with van der Waals surface area (Å²) in [5.41, 5.74) is 3.19. The number of hydrogen-bond donors (Lipinski definition) is 1. The molecule has 3 saturated carbocycles. The van der Waals surface area contributed by atoms with E-state index in [0.29, 0.717) is 30.0 Å². The lowest BCUT2D eigenvalue weighted by Gasteiger charge is -2.57. The van der Waals surface area contributed by atoms with E-state index < -0.39 is 0 Å². The number of Topliss-reactive ketones (excluding diaryl/α,β-unsaturated/α-hetero) is 1. The van der Waals surface area contributed by atoms with Gasteiger partial charge in [0.15, 0.2) is 0 Å². The van der Waals surface area contributed by atoms with Crippen LogP contribution >= 0.6 is 0 Å². The van der Waals surface area contributed by atoms with Crippen molar-refractivity contribution in [2.24, 2.45) is 33.6 Å². The number of carbonyl (C=O) groups excluding carboxylic acids is 1. The summed E-state index contributed by atoms with van der Waals surface area (Å²) in [5.74, 6) is 2.71. The number of ketones is 1. The summed E-state index contributed by atoms with van der Waals surface area (Å²) in [5, 5.41) is 3.23. The van der Waals surface area contributed by atoms with Crippen molar-refractivity contribution in [2.45, 2.75) is 71.3 Å². The number of carbonyl (C=O) groups is 1. The third kappa shape index (κ3) is 2.78. The molecular weight excluding hydrogens is 336 g/mol. The number of fused-ring (bicyclic) bond motifs is 5. The molecule has 0 aromatic rings. The molecule has 4 fully saturated rings. The predicted octanol–water partition coefficient (Wildman–Crippen LogP) is 3.91. The minimum atomic E-state index is -0.00620. The topological polar surface area (TPSA) is 50.7 Å². The molecule has 27 heavy (non-hydrogen) atoms. The van der Waals surface area contributed by atoms with Crippen LogP contribution in [0.15, 0.2) is 16.6 Å². The SMILES string of the molecule is C[C@]12CCC(=NCOC3CNC3)C=C1CCC1C2CC[C@]2(C)C(=O)CCC12. The van der Waals surface area contributed by atoms with Crippen LogP contribution < -0.4 is 5.32 Å². The summed E-state index contributed by atoms with van der Waals surface area (Å²) in [7, 11) is 0. The van der Waals surface area contributed by atoms with Crippen molar-refractivity contribution in [3.8, 4) is 0 Å². The highest BCUT2D eigenvalue weighted by atomic mass is 16.5. The van der Waals surface area contributed by atoms with Gasteiger partial charge in [-0.2, -0.15) is 0 Å². The summed E-state index contributed by atoms with van der Waals surface area (Å²) < 4.78 is 5.79. The van der Waals surface area contributed by atoms with E-state index >= 15 is 0 Å². The molecule has 0 spiro atoms. The number of hydrogen-bond acceptors (Lipinski definition) is 4. The largest absolute Gasteiger partial charge is 0.353 e. The minimum Gasteiger partial charge on any atom is -0.353 e. The van der Waals surface area contributed by atoms with E-state index in [1.54, 1.807) is 5.57 Å². The van der Waals surface area contributed by atoms with Crippen molar-refractivity contribution in [1.82, 2.24) is 5.32 Å². The first-order chi connectivity index (χ1) is 13.0. The second-order valence-electron chi connectivity index (χ2n) is 10.1. The second kappa shape index (κ2) is 6.52. The first-order valence-electron chi connectivity index (χ1n) is 11.1. The molecule has 0 bridgehead atoms. The van der Waals surface area contributed by atoms with Crippen LogP contribution in [-0.2, 0) is 9.53 Å². The van der Waals surface area contributed by atoms with Crippen LogP contribution in [0.25, 0.3) is 0 Å². The Kier molecular flexibility index (Phi) is 4.36. The van der Waals surface area contributed by atoms with Crippen molar-refractivity contribution in [1.29, 1.82) is 0 Å². The molecule has 1 saturated heterocycles. The van der Waals surface area contributed by atoms with Gasteiger partial charge in [-0.3, -0.25) is 9.79 Å². The maximum Gasteiger partial charge on any atom is 0.139 e. The van der Waals surface area contributed by atoms with Gasteiger partial charge >= 0.3 is 0 Å². The van der Waals surface area contributed by atoms with E-state index in [9.17, 15) is 4.79 Å². The van der Waals surface area contributed by atoms with E-state index in [4.69, 9.17) is 9.73 Å². The number of rotatable bonds is 3. The standard InChI is InChI=1S/C23H34N2O2/c1-22-9-7-16(25-14-27-17-12-24-13-17)11-15(22)3-4-18-19-5-6-21(26)23(19,2)10-8-20(18)22/h11,17-20,24H,3-10,12-14H2,1-2H3/t18?,19?,20?,22-,23-/m0/s1. The molecule has 5 rings (SSSR count). The average Bonchev–Trinajstić information content (AvgIpc) is 2.92. The fourth-order valence-electron chi connectivity index (χ4n) is 7.07. The van der Waals surface area contributed by atoms with Crippen LogP contribution in [0.4, 0.5) is 0 Å². The first-order valence-corrected chi connectivity index (χ1v) is 11.1. The molecular formula is C23H34N2O2. The molecule has 1 aliphatic heterocycles. The van der Waals surface area contributed by atoms with Crippen molar-refractivity contribution in [3.05, 3.63) is 11.6 Å². The highest BCUT2D eigenvalue weighted by molar-refractivity contribution is 5.96. The zero-order valence-electron chi connectivity index (χ0n) is 16.9. The van der Waals surface area contributed by atoms with Gasteiger partial charge in [0, 0.05) is 30.6 Å². The van der Waals surface area contributed by atoms with Gasteiger partial charge in [0.2, 0.25) is 0 Å². The highest BCUT2D eigenvalue weighted by Crippen LogP contribution is 2.64. The van der Waals surface area contributed by atoms with Gasteiger partial charge in [0.05, 0.1) is 6.10 Å². The van der Waals surface area contributed by atoms with Crippen LogP contribution in [0.3, 0.4) is 0 Å². The molecule has 4 aliphatic carbocycles. The summed E-state index contributed by atoms with van der Waals surface area (Å²) >= 11 is 0. The number of nitrogens with one attached hydrogen (secondary N) is 1. The smallest absolute Gasteiger partial charge is 0.139 e. The highest BCUT2D eigenvalue weighted by Gasteiger charge is 2.58. The van der Waals surface area contributed by atoms with Gasteiger partial charge in [-0.05, 0) is 74.2 Å². The maximum atomic E-state index is 12.5. The van der Waals surface area contributed by atoms with Crippen molar-refractivity contribution in [3.63, 3.8) is 0 Å². The first kappa shape index (κ1) is 18.1. The Morgan fingerprint density at radius 2 is 1.89 bits per heavy atom. The fourth-order valence-corrected chi connectivity index (χ4v) is 7.07. The number of nitrogens with zero attached hydrogens (tertiary/aromatic N) is 1. The van der Waals surface area contributed by atoms with Gasteiger partial charge in [-0.15, -0.1) is 0 Å². The molecule has 1 N–H and O–H groups in total. The molecule has 5 atom stereocenters. The molecule has 0 aromatic heterocycles. The van der Waals surface area contributed by atoms with Crippen molar-refractivity contribution < 1.29 is 9.53 Å². The molecule has 4 nitrogen and oxygen atoms in total. The lowest BCUT2D eigenvalue weighted by atomic mass is 9.47. The van der Waals surface area contributed by atoms with Crippen LogP contribution in [0.1, 0.15) is 65.2 Å². The lowest BCUT2D eigenvalue weighted by molar-refractivity contribution is -0.132. The molecule has 3 unspecified atom stereocenters. The van der Waals surface area contributed by atoms with Gasteiger partial charge in [0.1, 0.15) is 12.5 Å². The quantitative estimate of drug-likeness (QED) is 0.819.